The average Bonchev–Trinajstić information content (AvgIpc) is 3.61. The smallest absolute Gasteiger partial charge is 0.410 e. The Labute approximate surface area is 266 Å². The van der Waals surface area contributed by atoms with Gasteiger partial charge in [0.25, 0.3) is 0 Å². The summed E-state index contributed by atoms with van der Waals surface area (Å²) < 4.78 is 33.4. The molecule has 2 amide bonds. The van der Waals surface area contributed by atoms with Crippen molar-refractivity contribution in [3.05, 3.63) is 22.4 Å². The van der Waals surface area contributed by atoms with Crippen LogP contribution in [-0.2, 0) is 9.47 Å². The minimum absolute atomic E-state index is 0.0266. The first-order chi connectivity index (χ1) is 20.8. The third kappa shape index (κ3) is 5.89. The van der Waals surface area contributed by atoms with Gasteiger partial charge in [-0.25, -0.2) is 14.0 Å². The largest absolute Gasteiger partial charge is 0.461 e. The molecule has 4 aliphatic rings. The third-order valence-electron chi connectivity index (χ3n) is 9.37. The van der Waals surface area contributed by atoms with Crippen molar-refractivity contribution >= 4 is 44.8 Å². The zero-order valence-electron chi connectivity index (χ0n) is 26.1. The number of hydrogen-bond acceptors (Lipinski definition) is 9. The molecule has 240 valence electrons. The molecule has 13 heteroatoms. The van der Waals surface area contributed by atoms with Gasteiger partial charge in [-0.1, -0.05) is 0 Å². The molecular formula is C31H42BrFN6O5. The number of carbonyl (C=O) groups is 2. The van der Waals surface area contributed by atoms with Crippen LogP contribution < -0.4 is 9.64 Å². The fourth-order valence-electron chi connectivity index (χ4n) is 7.38. The van der Waals surface area contributed by atoms with E-state index in [9.17, 15) is 9.59 Å². The fraction of sp³-hybridized carbons (Fsp3) is 0.677. The summed E-state index contributed by atoms with van der Waals surface area (Å²) >= 11 is 3.31. The molecule has 4 saturated heterocycles. The van der Waals surface area contributed by atoms with Crippen molar-refractivity contribution in [3.63, 3.8) is 0 Å². The predicted molar refractivity (Wildman–Crippen MR) is 167 cm³/mol. The maximum absolute atomic E-state index is 15.5. The van der Waals surface area contributed by atoms with Gasteiger partial charge in [-0.15, -0.1) is 0 Å². The normalized spacial score (nSPS) is 26.7. The minimum atomic E-state index is -0.571. The molecule has 0 aliphatic carbocycles. The van der Waals surface area contributed by atoms with Crippen LogP contribution in [-0.4, -0.2) is 113 Å². The maximum atomic E-state index is 15.5. The summed E-state index contributed by atoms with van der Waals surface area (Å²) in [6.07, 6.45) is 4.91. The highest BCUT2D eigenvalue weighted by Crippen LogP contribution is 2.43. The van der Waals surface area contributed by atoms with Gasteiger partial charge < -0.3 is 24.0 Å². The van der Waals surface area contributed by atoms with Gasteiger partial charge in [0.1, 0.15) is 30.1 Å². The molecule has 2 unspecified atom stereocenters. The summed E-state index contributed by atoms with van der Waals surface area (Å²) in [6, 6.07) is 3.71. The first kappa shape index (κ1) is 31.1. The van der Waals surface area contributed by atoms with Crippen LogP contribution in [0.15, 0.2) is 16.6 Å². The molecule has 4 fully saturated rings. The molecule has 11 nitrogen and oxygen atoms in total. The highest BCUT2D eigenvalue weighted by molar-refractivity contribution is 9.10. The van der Waals surface area contributed by atoms with Crippen molar-refractivity contribution in [2.75, 3.05) is 51.8 Å². The molecule has 0 N–H and O–H groups in total. The van der Waals surface area contributed by atoms with Crippen molar-refractivity contribution in [3.8, 4) is 6.01 Å². The Balaban J connectivity index is 1.23. The number of benzene rings is 1. The number of aromatic nitrogens is 2. The molecule has 0 saturated carbocycles. The Morgan fingerprint density at radius 2 is 1.84 bits per heavy atom. The zero-order valence-corrected chi connectivity index (χ0v) is 27.7. The molecule has 4 aliphatic heterocycles. The lowest BCUT2D eigenvalue weighted by Crippen LogP contribution is -2.57. The second-order valence-corrected chi connectivity index (χ2v) is 14.6. The molecule has 44 heavy (non-hydrogen) atoms. The van der Waals surface area contributed by atoms with E-state index in [1.165, 1.54) is 4.90 Å². The highest BCUT2D eigenvalue weighted by atomic mass is 79.9. The van der Waals surface area contributed by atoms with Crippen molar-refractivity contribution in [1.82, 2.24) is 24.7 Å². The van der Waals surface area contributed by atoms with Gasteiger partial charge in [-0.05, 0) is 93.9 Å². The first-order valence-corrected chi connectivity index (χ1v) is 16.3. The Morgan fingerprint density at radius 3 is 2.52 bits per heavy atom. The molecule has 1 aromatic heterocycles. The predicted octanol–water partition coefficient (Wildman–Crippen LogP) is 5.19. The molecule has 2 bridgehead atoms. The number of halogens is 2. The summed E-state index contributed by atoms with van der Waals surface area (Å²) in [4.78, 5) is 42.4. The van der Waals surface area contributed by atoms with Crippen LogP contribution in [0.3, 0.4) is 0 Å². The monoisotopic (exact) mass is 676 g/mol. The summed E-state index contributed by atoms with van der Waals surface area (Å²) in [5.41, 5.74) is -0.582. The number of piperazine rings is 1. The molecule has 0 radical (unpaired) electrons. The molecular weight excluding hydrogens is 635 g/mol. The number of hydrogen-bond donors (Lipinski definition) is 0. The van der Waals surface area contributed by atoms with Gasteiger partial charge in [0.15, 0.2) is 5.82 Å². The van der Waals surface area contributed by atoms with Gasteiger partial charge >= 0.3 is 18.2 Å². The summed E-state index contributed by atoms with van der Waals surface area (Å²) in [5.74, 6) is 0.147. The summed E-state index contributed by atoms with van der Waals surface area (Å²) in [6.45, 7) is 8.36. The molecule has 0 spiro atoms. The zero-order chi connectivity index (χ0) is 31.4. The number of nitrogens with zero attached hydrogens (tertiary/aromatic N) is 6. The van der Waals surface area contributed by atoms with Gasteiger partial charge in [0, 0.05) is 38.6 Å². The Bertz CT molecular complexity index is 1420. The second kappa shape index (κ2) is 11.8. The van der Waals surface area contributed by atoms with E-state index in [-0.39, 0.29) is 47.4 Å². The van der Waals surface area contributed by atoms with E-state index in [1.54, 1.807) is 20.2 Å². The van der Waals surface area contributed by atoms with Gasteiger partial charge in [0.2, 0.25) is 0 Å². The van der Waals surface area contributed by atoms with Crippen LogP contribution in [0.4, 0.5) is 19.8 Å². The lowest BCUT2D eigenvalue weighted by Gasteiger charge is -2.42. The molecule has 4 atom stereocenters. The second-order valence-electron chi connectivity index (χ2n) is 13.7. The van der Waals surface area contributed by atoms with Crippen LogP contribution in [0.2, 0.25) is 0 Å². The molecule has 2 aromatic rings. The lowest BCUT2D eigenvalue weighted by molar-refractivity contribution is 0.0122. The van der Waals surface area contributed by atoms with E-state index in [0.29, 0.717) is 42.0 Å². The number of rotatable bonds is 6. The highest BCUT2D eigenvalue weighted by Gasteiger charge is 2.50. The number of amides is 2. The fourth-order valence-corrected chi connectivity index (χ4v) is 7.70. The van der Waals surface area contributed by atoms with Crippen LogP contribution in [0.25, 0.3) is 10.9 Å². The van der Waals surface area contributed by atoms with E-state index in [4.69, 9.17) is 19.2 Å². The van der Waals surface area contributed by atoms with Crippen molar-refractivity contribution in [2.45, 2.75) is 88.6 Å². The quantitative estimate of drug-likeness (QED) is 0.409. The van der Waals surface area contributed by atoms with Crippen LogP contribution >= 0.6 is 15.9 Å². The average molecular weight is 678 g/mol. The topological polar surface area (TPSA) is 101 Å². The maximum Gasteiger partial charge on any atom is 0.410 e. The number of carbonyl (C=O) groups excluding carboxylic acids is 2. The standard InChI is InChI=1S/C31H42BrFN6O5/c1-30(2,3)44-29(41)39-19-7-8-20(39)16-37(15-19)26-22-9-10-23(32)24(33)25(22)34-27(35-26)43-18-31-12-6-14-38(31)21(11-13-31)17-42-28(40)36(4)5/h9-10,19-21H,6-8,11-18H2,1-5H3/t19-,20+,21?,31?. The molecule has 6 rings (SSSR count). The van der Waals surface area contributed by atoms with E-state index in [0.717, 1.165) is 45.1 Å². The van der Waals surface area contributed by atoms with Crippen molar-refractivity contribution in [1.29, 1.82) is 0 Å². The van der Waals surface area contributed by atoms with E-state index in [2.05, 4.69) is 30.7 Å². The van der Waals surface area contributed by atoms with Crippen LogP contribution in [0, 0.1) is 5.82 Å². The molecule has 5 heterocycles. The summed E-state index contributed by atoms with van der Waals surface area (Å²) in [5, 5.41) is 0.604. The van der Waals surface area contributed by atoms with Gasteiger partial charge in [-0.2, -0.15) is 9.97 Å². The Hall–Kier alpha value is -2.93. The Morgan fingerprint density at radius 1 is 1.11 bits per heavy atom. The van der Waals surface area contributed by atoms with E-state index in [1.807, 2.05) is 31.7 Å². The van der Waals surface area contributed by atoms with Crippen LogP contribution in [0.1, 0.15) is 59.3 Å². The minimum Gasteiger partial charge on any atom is -0.461 e. The number of fused-ring (bicyclic) bond motifs is 4. The SMILES string of the molecule is CN(C)C(=O)OCC1CCC2(COc3nc(N4C[C@H]5CC[C@@H](C4)N5C(=O)OC(C)(C)C)c4ccc(Br)c(F)c4n3)CCCN12. The van der Waals surface area contributed by atoms with Gasteiger partial charge in [-0.3, -0.25) is 9.80 Å². The van der Waals surface area contributed by atoms with Crippen molar-refractivity contribution in [2.24, 2.45) is 0 Å². The Kier molecular flexibility index (Phi) is 8.32. The van der Waals surface area contributed by atoms with Crippen LogP contribution in [0.5, 0.6) is 6.01 Å². The number of ether oxygens (including phenoxy) is 3. The molecule has 1 aromatic carbocycles. The lowest BCUT2D eigenvalue weighted by atomic mass is 9.95. The first-order valence-electron chi connectivity index (χ1n) is 15.5. The van der Waals surface area contributed by atoms with E-state index >= 15 is 4.39 Å². The summed E-state index contributed by atoms with van der Waals surface area (Å²) in [7, 11) is 3.35. The number of anilines is 1. The van der Waals surface area contributed by atoms with E-state index < -0.39 is 11.4 Å². The van der Waals surface area contributed by atoms with Gasteiger partial charge in [0.05, 0.1) is 22.1 Å². The van der Waals surface area contributed by atoms with Crippen molar-refractivity contribution < 1.29 is 28.2 Å². The third-order valence-corrected chi connectivity index (χ3v) is 9.99.